The molecule has 0 unspecified atom stereocenters. The fourth-order valence-electron chi connectivity index (χ4n) is 3.93. The minimum atomic E-state index is -1.19. The van der Waals surface area contributed by atoms with Crippen molar-refractivity contribution in [3.63, 3.8) is 0 Å². The molecule has 2 aliphatic heterocycles. The van der Waals surface area contributed by atoms with E-state index in [2.05, 4.69) is 0 Å². The zero-order valence-corrected chi connectivity index (χ0v) is 13.5. The molecule has 21 heavy (non-hydrogen) atoms. The van der Waals surface area contributed by atoms with E-state index in [0.717, 1.165) is 0 Å². The molecule has 5 atom stereocenters. The number of hydrogen-bond donors (Lipinski definition) is 2. The van der Waals surface area contributed by atoms with Gasteiger partial charge in [-0.05, 0) is 41.5 Å². The van der Waals surface area contributed by atoms with E-state index in [4.69, 9.17) is 18.9 Å². The van der Waals surface area contributed by atoms with Crippen LogP contribution in [0.2, 0.25) is 0 Å². The van der Waals surface area contributed by atoms with Crippen molar-refractivity contribution in [1.82, 2.24) is 0 Å². The predicted octanol–water partition coefficient (Wildman–Crippen LogP) is 0.932. The van der Waals surface area contributed by atoms with Gasteiger partial charge in [-0.3, -0.25) is 0 Å². The number of aliphatic hydroxyl groups is 2. The van der Waals surface area contributed by atoms with Crippen LogP contribution >= 0.6 is 0 Å². The van der Waals surface area contributed by atoms with Crippen LogP contribution in [0.3, 0.4) is 0 Å². The molecule has 2 heterocycles. The number of rotatable bonds is 1. The molecule has 0 aromatic rings. The summed E-state index contributed by atoms with van der Waals surface area (Å²) in [6.07, 6.45) is -1.98. The average molecular weight is 302 g/mol. The number of hydrogen-bond acceptors (Lipinski definition) is 6. The maximum atomic E-state index is 10.7. The molecule has 3 fully saturated rings. The molecule has 0 bridgehead atoms. The van der Waals surface area contributed by atoms with Crippen LogP contribution in [0.25, 0.3) is 0 Å². The molecule has 2 N–H and O–H groups in total. The average Bonchev–Trinajstić information content (AvgIpc) is 2.71. The maximum Gasteiger partial charge on any atom is 0.164 e. The summed E-state index contributed by atoms with van der Waals surface area (Å²) < 4.78 is 23.7. The first-order valence-electron chi connectivity index (χ1n) is 7.51. The van der Waals surface area contributed by atoms with E-state index in [1.165, 1.54) is 0 Å². The highest BCUT2D eigenvalue weighted by Gasteiger charge is 2.69. The SMILES string of the molecule is CC1(C)O[C@H]2[C@@H](O)[C@@H]3OC(C)(C)O[C@]3(C(C)(C)O)C[C@H]2O1. The Bertz CT molecular complexity index is 440. The van der Waals surface area contributed by atoms with Crippen LogP contribution < -0.4 is 0 Å². The summed E-state index contributed by atoms with van der Waals surface area (Å²) in [4.78, 5) is 0. The minimum Gasteiger partial charge on any atom is -0.387 e. The van der Waals surface area contributed by atoms with Gasteiger partial charge in [0.05, 0.1) is 11.7 Å². The normalized spacial score (nSPS) is 48.0. The van der Waals surface area contributed by atoms with Crippen molar-refractivity contribution in [2.75, 3.05) is 0 Å². The Morgan fingerprint density at radius 2 is 1.62 bits per heavy atom. The Balaban J connectivity index is 2.01. The van der Waals surface area contributed by atoms with Gasteiger partial charge < -0.3 is 29.2 Å². The topological polar surface area (TPSA) is 77.4 Å². The van der Waals surface area contributed by atoms with Crippen LogP contribution in [0.15, 0.2) is 0 Å². The molecule has 0 aromatic carbocycles. The number of aliphatic hydroxyl groups excluding tert-OH is 1. The zero-order valence-electron chi connectivity index (χ0n) is 13.5. The van der Waals surface area contributed by atoms with Crippen LogP contribution in [0.4, 0.5) is 0 Å². The van der Waals surface area contributed by atoms with Gasteiger partial charge in [0.1, 0.15) is 23.9 Å². The highest BCUT2D eigenvalue weighted by atomic mass is 16.8. The summed E-state index contributed by atoms with van der Waals surface area (Å²) in [6.45, 7) is 10.6. The molecule has 6 nitrogen and oxygen atoms in total. The van der Waals surface area contributed by atoms with E-state index < -0.39 is 41.1 Å². The lowest BCUT2D eigenvalue weighted by molar-refractivity contribution is -0.226. The summed E-state index contributed by atoms with van der Waals surface area (Å²) in [5.74, 6) is -1.63. The highest BCUT2D eigenvalue weighted by molar-refractivity contribution is 5.16. The number of ether oxygens (including phenoxy) is 4. The second-order valence-corrected chi connectivity index (χ2v) is 7.82. The van der Waals surface area contributed by atoms with E-state index in [1.54, 1.807) is 27.7 Å². The third kappa shape index (κ3) is 2.24. The van der Waals surface area contributed by atoms with Gasteiger partial charge in [0.2, 0.25) is 0 Å². The first-order valence-corrected chi connectivity index (χ1v) is 7.51. The first kappa shape index (κ1) is 15.6. The summed E-state index contributed by atoms with van der Waals surface area (Å²) in [5.41, 5.74) is -2.21. The van der Waals surface area contributed by atoms with Gasteiger partial charge in [-0.15, -0.1) is 0 Å². The second-order valence-electron chi connectivity index (χ2n) is 7.82. The van der Waals surface area contributed by atoms with E-state index in [9.17, 15) is 10.2 Å². The van der Waals surface area contributed by atoms with Gasteiger partial charge in [-0.2, -0.15) is 0 Å². The summed E-state index contributed by atoms with van der Waals surface area (Å²) in [6, 6.07) is 0. The Morgan fingerprint density at radius 1 is 1.00 bits per heavy atom. The molecule has 2 saturated heterocycles. The molecule has 0 radical (unpaired) electrons. The zero-order chi connectivity index (χ0) is 15.8. The first-order chi connectivity index (χ1) is 9.37. The van der Waals surface area contributed by atoms with Gasteiger partial charge in [-0.25, -0.2) is 0 Å². The van der Waals surface area contributed by atoms with Gasteiger partial charge >= 0.3 is 0 Å². The second kappa shape index (κ2) is 4.19. The highest BCUT2D eigenvalue weighted by Crippen LogP contribution is 2.53. The third-order valence-corrected chi connectivity index (χ3v) is 4.71. The lowest BCUT2D eigenvalue weighted by Crippen LogP contribution is -2.68. The molecule has 3 aliphatic rings. The van der Waals surface area contributed by atoms with Crippen LogP contribution in [0, 0.1) is 0 Å². The lowest BCUT2D eigenvalue weighted by atomic mass is 9.69. The van der Waals surface area contributed by atoms with E-state index >= 15 is 0 Å². The minimum absolute atomic E-state index is 0.338. The molecule has 6 heteroatoms. The number of fused-ring (bicyclic) bond motifs is 2. The predicted molar refractivity (Wildman–Crippen MR) is 73.5 cm³/mol. The van der Waals surface area contributed by atoms with Crippen molar-refractivity contribution in [1.29, 1.82) is 0 Å². The molecular formula is C15H26O6. The van der Waals surface area contributed by atoms with Gasteiger partial charge in [0, 0.05) is 6.42 Å². The Morgan fingerprint density at radius 3 is 2.19 bits per heavy atom. The van der Waals surface area contributed by atoms with Gasteiger partial charge in [0.15, 0.2) is 11.6 Å². The van der Waals surface area contributed by atoms with Crippen molar-refractivity contribution in [3.05, 3.63) is 0 Å². The summed E-state index contributed by atoms with van der Waals surface area (Å²) in [7, 11) is 0. The molecule has 0 amide bonds. The molecule has 122 valence electrons. The van der Waals surface area contributed by atoms with E-state index in [1.807, 2.05) is 13.8 Å². The molecular weight excluding hydrogens is 276 g/mol. The standard InChI is InChI=1S/C15H26O6/c1-12(2,17)15-7-8-10(19-13(3,4)18-8)9(16)11(15)20-14(5,6)21-15/h8-11,16-17H,7H2,1-6H3/t8-,9-,10-,11+,15-/m1/s1. The monoisotopic (exact) mass is 302 g/mol. The van der Waals surface area contributed by atoms with Crippen molar-refractivity contribution >= 4 is 0 Å². The van der Waals surface area contributed by atoms with Crippen molar-refractivity contribution in [2.45, 2.75) is 95.2 Å². The Labute approximate surface area is 125 Å². The van der Waals surface area contributed by atoms with E-state index in [-0.39, 0.29) is 6.10 Å². The largest absolute Gasteiger partial charge is 0.387 e. The molecule has 0 spiro atoms. The maximum absolute atomic E-state index is 10.7. The molecule has 1 aliphatic carbocycles. The van der Waals surface area contributed by atoms with Crippen LogP contribution in [0.1, 0.15) is 48.0 Å². The molecule has 1 saturated carbocycles. The Kier molecular flexibility index (Phi) is 3.12. The van der Waals surface area contributed by atoms with Gasteiger partial charge in [0.25, 0.3) is 0 Å². The van der Waals surface area contributed by atoms with Crippen molar-refractivity contribution in [2.24, 2.45) is 0 Å². The summed E-state index contributed by atoms with van der Waals surface area (Å²) >= 11 is 0. The van der Waals surface area contributed by atoms with Gasteiger partial charge in [-0.1, -0.05) is 0 Å². The third-order valence-electron chi connectivity index (χ3n) is 4.71. The quantitative estimate of drug-likeness (QED) is 0.750. The fraction of sp³-hybridized carbons (Fsp3) is 1.00. The fourth-order valence-corrected chi connectivity index (χ4v) is 3.93. The molecule has 0 aromatic heterocycles. The molecule has 3 rings (SSSR count). The summed E-state index contributed by atoms with van der Waals surface area (Å²) in [5, 5.41) is 21.4. The smallest absolute Gasteiger partial charge is 0.164 e. The van der Waals surface area contributed by atoms with Crippen LogP contribution in [-0.4, -0.2) is 57.4 Å². The lowest BCUT2D eigenvalue weighted by Gasteiger charge is -2.49. The van der Waals surface area contributed by atoms with Crippen molar-refractivity contribution < 1.29 is 29.2 Å². The van der Waals surface area contributed by atoms with E-state index in [0.29, 0.717) is 6.42 Å². The van der Waals surface area contributed by atoms with Crippen molar-refractivity contribution in [3.8, 4) is 0 Å². The Hall–Kier alpha value is -0.240. The van der Waals surface area contributed by atoms with Crippen LogP contribution in [-0.2, 0) is 18.9 Å². The van der Waals surface area contributed by atoms with Crippen LogP contribution in [0.5, 0.6) is 0 Å².